The third kappa shape index (κ3) is 6.09. The molecule has 1 unspecified atom stereocenters. The summed E-state index contributed by atoms with van der Waals surface area (Å²) in [6, 6.07) is 0. The van der Waals surface area contributed by atoms with Crippen LogP contribution in [0, 0.1) is 17.3 Å². The van der Waals surface area contributed by atoms with E-state index in [0.29, 0.717) is 5.92 Å². The fraction of sp³-hybridized carbons (Fsp3) is 0.933. The SMILES string of the molecule is CCC(C)(C)OC(=O)C(CC(C)C)C(C)(C)C. The molecular formula is C15H30O2. The Morgan fingerprint density at radius 1 is 1.12 bits per heavy atom. The molecule has 0 aliphatic rings. The molecule has 0 saturated heterocycles. The van der Waals surface area contributed by atoms with Crippen LogP contribution in [-0.2, 0) is 9.53 Å². The second-order valence-electron chi connectivity index (χ2n) is 7.08. The molecule has 0 aromatic carbocycles. The molecule has 0 N–H and O–H groups in total. The van der Waals surface area contributed by atoms with Gasteiger partial charge in [-0.05, 0) is 38.0 Å². The van der Waals surface area contributed by atoms with Crippen LogP contribution in [0.5, 0.6) is 0 Å². The molecule has 2 heteroatoms. The lowest BCUT2D eigenvalue weighted by molar-refractivity contribution is -0.166. The molecule has 0 aliphatic heterocycles. The minimum atomic E-state index is -0.350. The predicted molar refractivity (Wildman–Crippen MR) is 72.9 cm³/mol. The molecule has 0 aliphatic carbocycles. The van der Waals surface area contributed by atoms with Crippen LogP contribution in [0.15, 0.2) is 0 Å². The first-order valence-electron chi connectivity index (χ1n) is 6.72. The van der Waals surface area contributed by atoms with Gasteiger partial charge >= 0.3 is 5.97 Å². The van der Waals surface area contributed by atoms with Crippen LogP contribution < -0.4 is 0 Å². The lowest BCUT2D eigenvalue weighted by Crippen LogP contribution is -2.37. The Morgan fingerprint density at radius 2 is 1.59 bits per heavy atom. The molecule has 0 spiro atoms. The summed E-state index contributed by atoms with van der Waals surface area (Å²) in [7, 11) is 0. The monoisotopic (exact) mass is 242 g/mol. The summed E-state index contributed by atoms with van der Waals surface area (Å²) >= 11 is 0. The Balaban J connectivity index is 4.77. The van der Waals surface area contributed by atoms with Crippen LogP contribution in [0.1, 0.15) is 68.2 Å². The number of carbonyl (C=O) groups excluding carboxylic acids is 1. The Morgan fingerprint density at radius 3 is 1.88 bits per heavy atom. The van der Waals surface area contributed by atoms with Crippen molar-refractivity contribution in [3.63, 3.8) is 0 Å². The molecule has 0 aromatic rings. The molecule has 0 aromatic heterocycles. The zero-order valence-corrected chi connectivity index (χ0v) is 12.9. The molecule has 2 nitrogen and oxygen atoms in total. The standard InChI is InChI=1S/C15H30O2/c1-9-15(7,8)17-13(16)12(10-11(2)3)14(4,5)6/h11-12H,9-10H2,1-8H3. The number of hydrogen-bond acceptors (Lipinski definition) is 2. The fourth-order valence-electron chi connectivity index (χ4n) is 1.69. The van der Waals surface area contributed by atoms with Crippen molar-refractivity contribution in [2.45, 2.75) is 73.8 Å². The van der Waals surface area contributed by atoms with Crippen LogP contribution in [0.3, 0.4) is 0 Å². The van der Waals surface area contributed by atoms with E-state index in [9.17, 15) is 4.79 Å². The summed E-state index contributed by atoms with van der Waals surface area (Å²) in [5.74, 6) is 0.447. The Bertz CT molecular complexity index is 246. The maximum atomic E-state index is 12.3. The zero-order chi connectivity index (χ0) is 13.9. The normalized spacial score (nSPS) is 14.9. The average molecular weight is 242 g/mol. The van der Waals surface area contributed by atoms with E-state index in [1.165, 1.54) is 0 Å². The second kappa shape index (κ2) is 5.88. The van der Waals surface area contributed by atoms with Crippen molar-refractivity contribution in [2.75, 3.05) is 0 Å². The number of esters is 1. The highest BCUT2D eigenvalue weighted by atomic mass is 16.6. The predicted octanol–water partition coefficient (Wildman–Crippen LogP) is 4.43. The zero-order valence-electron chi connectivity index (χ0n) is 12.9. The topological polar surface area (TPSA) is 26.3 Å². The molecule has 0 heterocycles. The van der Waals surface area contributed by atoms with Crippen molar-refractivity contribution in [1.29, 1.82) is 0 Å². The molecular weight excluding hydrogens is 212 g/mol. The van der Waals surface area contributed by atoms with E-state index in [-0.39, 0.29) is 22.9 Å². The van der Waals surface area contributed by atoms with Crippen molar-refractivity contribution in [3.8, 4) is 0 Å². The minimum Gasteiger partial charge on any atom is -0.459 e. The molecule has 0 rings (SSSR count). The molecule has 0 bridgehead atoms. The van der Waals surface area contributed by atoms with Crippen molar-refractivity contribution in [3.05, 3.63) is 0 Å². The fourth-order valence-corrected chi connectivity index (χ4v) is 1.69. The van der Waals surface area contributed by atoms with E-state index in [4.69, 9.17) is 4.74 Å². The van der Waals surface area contributed by atoms with Crippen molar-refractivity contribution in [2.24, 2.45) is 17.3 Å². The summed E-state index contributed by atoms with van der Waals surface area (Å²) in [5.41, 5.74) is -0.386. The van der Waals surface area contributed by atoms with Gasteiger partial charge in [-0.1, -0.05) is 41.5 Å². The van der Waals surface area contributed by atoms with Gasteiger partial charge in [0.25, 0.3) is 0 Å². The van der Waals surface area contributed by atoms with Crippen LogP contribution in [-0.4, -0.2) is 11.6 Å². The highest BCUT2D eigenvalue weighted by molar-refractivity contribution is 5.73. The van der Waals surface area contributed by atoms with Crippen molar-refractivity contribution < 1.29 is 9.53 Å². The van der Waals surface area contributed by atoms with E-state index in [1.807, 2.05) is 20.8 Å². The third-order valence-electron chi connectivity index (χ3n) is 3.27. The van der Waals surface area contributed by atoms with Gasteiger partial charge in [-0.15, -0.1) is 0 Å². The molecule has 0 saturated carbocycles. The summed E-state index contributed by atoms with van der Waals surface area (Å²) in [4.78, 5) is 12.3. The van der Waals surface area contributed by atoms with Crippen LogP contribution in [0.4, 0.5) is 0 Å². The van der Waals surface area contributed by atoms with Gasteiger partial charge in [-0.25, -0.2) is 0 Å². The Labute approximate surface area is 107 Å². The number of hydrogen-bond donors (Lipinski definition) is 0. The van der Waals surface area contributed by atoms with Gasteiger partial charge in [-0.3, -0.25) is 4.79 Å². The minimum absolute atomic E-state index is 0.0201. The molecule has 0 fully saturated rings. The number of carbonyl (C=O) groups is 1. The van der Waals surface area contributed by atoms with Gasteiger partial charge < -0.3 is 4.74 Å². The Kier molecular flexibility index (Phi) is 5.70. The average Bonchev–Trinajstić information content (AvgIpc) is 2.11. The van der Waals surface area contributed by atoms with Crippen LogP contribution in [0.25, 0.3) is 0 Å². The van der Waals surface area contributed by atoms with Gasteiger partial charge in [0.1, 0.15) is 5.60 Å². The van der Waals surface area contributed by atoms with Crippen LogP contribution in [0.2, 0.25) is 0 Å². The largest absolute Gasteiger partial charge is 0.459 e. The van der Waals surface area contributed by atoms with Gasteiger partial charge in [0.05, 0.1) is 5.92 Å². The van der Waals surface area contributed by atoms with Crippen LogP contribution >= 0.6 is 0 Å². The van der Waals surface area contributed by atoms with E-state index in [0.717, 1.165) is 12.8 Å². The van der Waals surface area contributed by atoms with Crippen molar-refractivity contribution in [1.82, 2.24) is 0 Å². The first-order chi connectivity index (χ1) is 7.49. The molecule has 102 valence electrons. The summed E-state index contributed by atoms with van der Waals surface area (Å²) in [6.45, 7) is 16.6. The number of ether oxygens (including phenoxy) is 1. The lowest BCUT2D eigenvalue weighted by atomic mass is 9.76. The summed E-state index contributed by atoms with van der Waals surface area (Å²) < 4.78 is 5.64. The van der Waals surface area contributed by atoms with Gasteiger partial charge in [0.2, 0.25) is 0 Å². The van der Waals surface area contributed by atoms with Gasteiger partial charge in [0, 0.05) is 0 Å². The maximum absolute atomic E-state index is 12.3. The second-order valence-corrected chi connectivity index (χ2v) is 7.08. The molecule has 0 radical (unpaired) electrons. The number of rotatable bonds is 5. The first kappa shape index (κ1) is 16.5. The molecule has 0 amide bonds. The molecule has 1 atom stereocenters. The Hall–Kier alpha value is -0.530. The quantitative estimate of drug-likeness (QED) is 0.667. The van der Waals surface area contributed by atoms with E-state index in [2.05, 4.69) is 34.6 Å². The van der Waals surface area contributed by atoms with E-state index < -0.39 is 0 Å². The molecule has 17 heavy (non-hydrogen) atoms. The lowest BCUT2D eigenvalue weighted by Gasteiger charge is -2.33. The van der Waals surface area contributed by atoms with Gasteiger partial charge in [0.15, 0.2) is 0 Å². The smallest absolute Gasteiger partial charge is 0.310 e. The first-order valence-corrected chi connectivity index (χ1v) is 6.72. The highest BCUT2D eigenvalue weighted by Gasteiger charge is 2.35. The van der Waals surface area contributed by atoms with E-state index in [1.54, 1.807) is 0 Å². The van der Waals surface area contributed by atoms with E-state index >= 15 is 0 Å². The summed E-state index contributed by atoms with van der Waals surface area (Å²) in [5, 5.41) is 0. The third-order valence-corrected chi connectivity index (χ3v) is 3.27. The highest BCUT2D eigenvalue weighted by Crippen LogP contribution is 2.33. The van der Waals surface area contributed by atoms with Gasteiger partial charge in [-0.2, -0.15) is 0 Å². The van der Waals surface area contributed by atoms with Crippen molar-refractivity contribution >= 4 is 5.97 Å². The maximum Gasteiger partial charge on any atom is 0.310 e. The summed E-state index contributed by atoms with van der Waals surface area (Å²) in [6.07, 6.45) is 1.74.